The molecule has 2 unspecified atom stereocenters. The van der Waals surface area contributed by atoms with Crippen molar-refractivity contribution in [2.75, 3.05) is 46.3 Å². The molecule has 0 saturated carbocycles. The fourth-order valence-electron chi connectivity index (χ4n) is 3.23. The number of likely N-dealkylation sites (N-methyl/N-ethyl adjacent to an activating group) is 1. The average molecular weight is 291 g/mol. The van der Waals surface area contributed by atoms with E-state index in [0.717, 1.165) is 50.5 Å². The van der Waals surface area contributed by atoms with Crippen LogP contribution in [-0.2, 0) is 6.54 Å². The maximum Gasteiger partial charge on any atom is 0.149 e. The third-order valence-corrected chi connectivity index (χ3v) is 4.34. The number of hydroxylamine groups is 3. The number of quaternary nitrogens is 1. The van der Waals surface area contributed by atoms with E-state index in [9.17, 15) is 5.21 Å². The van der Waals surface area contributed by atoms with Crippen LogP contribution in [0, 0.1) is 5.21 Å². The fourth-order valence-corrected chi connectivity index (χ4v) is 3.23. The predicted molar refractivity (Wildman–Crippen MR) is 82.9 cm³/mol. The first-order valence-corrected chi connectivity index (χ1v) is 7.86. The summed E-state index contributed by atoms with van der Waals surface area (Å²) in [4.78, 5) is 2.45. The summed E-state index contributed by atoms with van der Waals surface area (Å²) < 4.78 is 5.88. The second-order valence-electron chi connectivity index (χ2n) is 6.37. The normalized spacial score (nSPS) is 30.3. The van der Waals surface area contributed by atoms with Crippen molar-refractivity contribution in [1.29, 1.82) is 0 Å². The van der Waals surface area contributed by atoms with Gasteiger partial charge in [0.25, 0.3) is 0 Å². The lowest BCUT2D eigenvalue weighted by Crippen LogP contribution is -2.47. The van der Waals surface area contributed by atoms with Gasteiger partial charge in [-0.15, -0.1) is 0 Å². The predicted octanol–water partition coefficient (Wildman–Crippen LogP) is 1.19. The van der Waals surface area contributed by atoms with Gasteiger partial charge in [-0.05, 0) is 12.1 Å². The molecule has 2 heterocycles. The second-order valence-corrected chi connectivity index (χ2v) is 6.37. The molecule has 116 valence electrons. The maximum absolute atomic E-state index is 12.6. The van der Waals surface area contributed by atoms with Gasteiger partial charge in [0.15, 0.2) is 0 Å². The van der Waals surface area contributed by atoms with Gasteiger partial charge in [0, 0.05) is 44.7 Å². The van der Waals surface area contributed by atoms with Crippen LogP contribution in [0.5, 0.6) is 5.75 Å². The van der Waals surface area contributed by atoms with E-state index in [-0.39, 0.29) is 10.8 Å². The Hall–Kier alpha value is -1.14. The molecule has 2 aliphatic heterocycles. The van der Waals surface area contributed by atoms with Crippen LogP contribution in [-0.4, -0.2) is 62.0 Å². The topological polar surface area (TPSA) is 47.6 Å². The van der Waals surface area contributed by atoms with Crippen molar-refractivity contribution in [1.82, 2.24) is 10.2 Å². The molecule has 3 rings (SSSR count). The summed E-state index contributed by atoms with van der Waals surface area (Å²) >= 11 is 0. The van der Waals surface area contributed by atoms with E-state index in [4.69, 9.17) is 4.74 Å². The Kier molecular flexibility index (Phi) is 4.45. The Balaban J connectivity index is 1.64. The van der Waals surface area contributed by atoms with Gasteiger partial charge < -0.3 is 24.8 Å². The number of benzene rings is 1. The molecule has 0 bridgehead atoms. The molecule has 1 aromatic rings. The molecule has 2 aliphatic rings. The summed E-state index contributed by atoms with van der Waals surface area (Å²) in [7, 11) is 1.75. The number of ether oxygens (including phenoxy) is 1. The molecule has 0 radical (unpaired) electrons. The molecule has 1 fully saturated rings. The number of hydrogen-bond donors (Lipinski definition) is 1. The largest absolute Gasteiger partial charge is 0.633 e. The summed E-state index contributed by atoms with van der Waals surface area (Å²) in [5, 5.41) is 16.0. The average Bonchev–Trinajstić information content (AvgIpc) is 2.60. The van der Waals surface area contributed by atoms with Crippen molar-refractivity contribution < 1.29 is 9.38 Å². The molecule has 5 heteroatoms. The zero-order valence-electron chi connectivity index (χ0n) is 12.8. The third-order valence-electron chi connectivity index (χ3n) is 4.34. The van der Waals surface area contributed by atoms with Crippen LogP contribution in [0.2, 0.25) is 0 Å². The lowest BCUT2D eigenvalue weighted by Gasteiger charge is -2.39. The minimum atomic E-state index is -0.247. The van der Waals surface area contributed by atoms with Crippen LogP contribution in [0.4, 0.5) is 0 Å². The highest BCUT2D eigenvalue weighted by Gasteiger charge is 2.27. The number of hydrogen-bond acceptors (Lipinski definition) is 4. The number of piperazine rings is 1. The van der Waals surface area contributed by atoms with Crippen LogP contribution >= 0.6 is 0 Å². The first-order chi connectivity index (χ1) is 10.1. The van der Waals surface area contributed by atoms with Crippen molar-refractivity contribution in [2.45, 2.75) is 19.1 Å². The van der Waals surface area contributed by atoms with Gasteiger partial charge in [-0.25, -0.2) is 0 Å². The standard InChI is InChI=1S/C16H25N3O2/c1-19(20)12-14-4-2-3-5-16(14)21-15(13-19)6-9-18-10-7-17-8-11-18/h2-5,15,17H,6-13H2,1H3. The van der Waals surface area contributed by atoms with E-state index < -0.39 is 0 Å². The Bertz CT molecular complexity index is 472. The first-order valence-electron chi connectivity index (χ1n) is 7.86. The van der Waals surface area contributed by atoms with Gasteiger partial charge in [-0.2, -0.15) is 0 Å². The van der Waals surface area contributed by atoms with Gasteiger partial charge in [0.2, 0.25) is 0 Å². The van der Waals surface area contributed by atoms with Crippen LogP contribution in [0.1, 0.15) is 12.0 Å². The highest BCUT2D eigenvalue weighted by molar-refractivity contribution is 5.33. The van der Waals surface area contributed by atoms with Crippen LogP contribution in [0.25, 0.3) is 0 Å². The molecule has 0 spiro atoms. The number of rotatable bonds is 3. The highest BCUT2D eigenvalue weighted by Crippen LogP contribution is 2.28. The van der Waals surface area contributed by atoms with Crippen molar-refractivity contribution >= 4 is 0 Å². The molecular weight excluding hydrogens is 266 g/mol. The lowest BCUT2D eigenvalue weighted by atomic mass is 10.2. The molecule has 2 atom stereocenters. The van der Waals surface area contributed by atoms with Gasteiger partial charge in [-0.1, -0.05) is 12.1 Å². The highest BCUT2D eigenvalue weighted by atomic mass is 16.6. The minimum absolute atomic E-state index is 0.00559. The van der Waals surface area contributed by atoms with Crippen LogP contribution < -0.4 is 10.1 Å². The van der Waals surface area contributed by atoms with Gasteiger partial charge in [0.1, 0.15) is 24.9 Å². The molecule has 1 aromatic carbocycles. The Morgan fingerprint density at radius 2 is 2.10 bits per heavy atom. The number of para-hydroxylation sites is 1. The zero-order valence-corrected chi connectivity index (χ0v) is 12.8. The third kappa shape index (κ3) is 3.95. The van der Waals surface area contributed by atoms with Gasteiger partial charge in [0.05, 0.1) is 7.05 Å². The molecule has 0 amide bonds. The molecule has 21 heavy (non-hydrogen) atoms. The first kappa shape index (κ1) is 14.8. The SMILES string of the molecule is C[N+]1([O-])Cc2ccccc2OC(CCN2CCNCC2)C1. The maximum atomic E-state index is 12.6. The quantitative estimate of drug-likeness (QED) is 0.671. The van der Waals surface area contributed by atoms with Crippen molar-refractivity contribution in [2.24, 2.45) is 0 Å². The second kappa shape index (κ2) is 6.32. The molecule has 1 saturated heterocycles. The number of fused-ring (bicyclic) bond motifs is 1. The molecule has 1 N–H and O–H groups in total. The summed E-state index contributed by atoms with van der Waals surface area (Å²) in [5.74, 6) is 0.889. The van der Waals surface area contributed by atoms with E-state index in [2.05, 4.69) is 10.2 Å². The molecule has 0 aliphatic carbocycles. The summed E-state index contributed by atoms with van der Waals surface area (Å²) in [6.45, 7) is 6.34. The van der Waals surface area contributed by atoms with Crippen molar-refractivity contribution in [3.05, 3.63) is 35.0 Å². The van der Waals surface area contributed by atoms with Crippen LogP contribution in [0.3, 0.4) is 0 Å². The van der Waals surface area contributed by atoms with Crippen LogP contribution in [0.15, 0.2) is 24.3 Å². The van der Waals surface area contributed by atoms with Gasteiger partial charge in [-0.3, -0.25) is 0 Å². The minimum Gasteiger partial charge on any atom is -0.633 e. The number of nitrogens with zero attached hydrogens (tertiary/aromatic N) is 2. The summed E-state index contributed by atoms with van der Waals surface area (Å²) in [5.41, 5.74) is 1.03. The van der Waals surface area contributed by atoms with E-state index in [1.54, 1.807) is 7.05 Å². The van der Waals surface area contributed by atoms with Crippen molar-refractivity contribution in [3.63, 3.8) is 0 Å². The Morgan fingerprint density at radius 1 is 1.33 bits per heavy atom. The monoisotopic (exact) mass is 291 g/mol. The van der Waals surface area contributed by atoms with E-state index in [0.29, 0.717) is 13.1 Å². The molecule has 0 aromatic heterocycles. The molecular formula is C16H25N3O2. The Labute approximate surface area is 126 Å². The van der Waals surface area contributed by atoms with E-state index in [1.807, 2.05) is 24.3 Å². The number of nitrogens with one attached hydrogen (secondary N) is 1. The van der Waals surface area contributed by atoms with Gasteiger partial charge >= 0.3 is 0 Å². The zero-order chi connectivity index (χ0) is 14.7. The van der Waals surface area contributed by atoms with E-state index >= 15 is 0 Å². The Morgan fingerprint density at radius 3 is 2.90 bits per heavy atom. The summed E-state index contributed by atoms with van der Waals surface area (Å²) in [6, 6.07) is 7.94. The lowest BCUT2D eigenvalue weighted by molar-refractivity contribution is -0.875. The van der Waals surface area contributed by atoms with Crippen molar-refractivity contribution in [3.8, 4) is 5.75 Å². The molecule has 5 nitrogen and oxygen atoms in total. The fraction of sp³-hybridized carbons (Fsp3) is 0.625. The van der Waals surface area contributed by atoms with E-state index in [1.165, 1.54) is 0 Å². The smallest absolute Gasteiger partial charge is 0.149 e. The summed E-state index contributed by atoms with van der Waals surface area (Å²) in [6.07, 6.45) is 0.927.